The van der Waals surface area contributed by atoms with Crippen LogP contribution in [0.2, 0.25) is 0 Å². The molecule has 0 radical (unpaired) electrons. The van der Waals surface area contributed by atoms with Crippen molar-refractivity contribution in [3.63, 3.8) is 0 Å². The maximum atomic E-state index is 12.2. The van der Waals surface area contributed by atoms with Crippen LogP contribution in [0.3, 0.4) is 0 Å². The molecule has 8 heteroatoms. The lowest BCUT2D eigenvalue weighted by molar-refractivity contribution is 0.0905. The van der Waals surface area contributed by atoms with Gasteiger partial charge < -0.3 is 14.3 Å². The monoisotopic (exact) mass is 341 g/mol. The lowest BCUT2D eigenvalue weighted by Crippen LogP contribution is -2.28. The zero-order chi connectivity index (χ0) is 16.1. The Bertz CT molecular complexity index is 637. The molecule has 0 aliphatic carbocycles. The molecule has 2 heterocycles. The molecule has 6 nitrogen and oxygen atoms in total. The number of carbonyl (C=O) groups excluding carboxylic acids is 1. The normalized spacial score (nSPS) is 13.8. The molecule has 22 heavy (non-hydrogen) atoms. The molecule has 0 saturated heterocycles. The highest BCUT2D eigenvalue weighted by Gasteiger charge is 2.20. The highest BCUT2D eigenvalue weighted by atomic mass is 32.2. The molecule has 1 amide bonds. The van der Waals surface area contributed by atoms with Gasteiger partial charge in [-0.1, -0.05) is 19.9 Å². The van der Waals surface area contributed by atoms with Gasteiger partial charge in [0, 0.05) is 22.2 Å². The molecule has 2 N–H and O–H groups in total. The summed E-state index contributed by atoms with van der Waals surface area (Å²) in [5, 5.41) is 4.90. The molecule has 2 unspecified atom stereocenters. The van der Waals surface area contributed by atoms with Crippen molar-refractivity contribution in [1.82, 2.24) is 5.32 Å². The van der Waals surface area contributed by atoms with E-state index in [-0.39, 0.29) is 23.6 Å². The number of hydrogen-bond donors (Lipinski definition) is 2. The third-order valence-electron chi connectivity index (χ3n) is 2.91. The largest absolute Gasteiger partial charge is 0.755 e. The molecule has 2 aromatic rings. The maximum absolute atomic E-state index is 12.2. The van der Waals surface area contributed by atoms with Crippen LogP contribution in [0.25, 0.3) is 0 Å². The van der Waals surface area contributed by atoms with Crippen molar-refractivity contribution in [1.29, 1.82) is 0 Å². The number of anilines is 1. The van der Waals surface area contributed by atoms with Gasteiger partial charge in [0.2, 0.25) is 5.88 Å². The highest BCUT2D eigenvalue weighted by Crippen LogP contribution is 2.26. The van der Waals surface area contributed by atoms with Crippen LogP contribution in [0.4, 0.5) is 5.88 Å². The van der Waals surface area contributed by atoms with Crippen LogP contribution < -0.4 is 10.0 Å². The van der Waals surface area contributed by atoms with Gasteiger partial charge in [-0.25, -0.2) is 0 Å². The molecule has 0 spiro atoms. The summed E-state index contributed by atoms with van der Waals surface area (Å²) in [5.74, 6) is 0.126. The summed E-state index contributed by atoms with van der Waals surface area (Å²) in [6, 6.07) is 6.66. The van der Waals surface area contributed by atoms with Crippen LogP contribution in [0, 0.1) is 5.92 Å². The van der Waals surface area contributed by atoms with Crippen molar-refractivity contribution in [2.75, 3.05) is 4.72 Å². The van der Waals surface area contributed by atoms with Gasteiger partial charge in [-0.15, -0.1) is 11.3 Å². The minimum Gasteiger partial charge on any atom is -0.755 e. The molecule has 0 aromatic carbocycles. The predicted molar refractivity (Wildman–Crippen MR) is 85.2 cm³/mol. The van der Waals surface area contributed by atoms with E-state index < -0.39 is 11.3 Å². The van der Waals surface area contributed by atoms with Crippen LogP contribution in [0.1, 0.15) is 41.7 Å². The zero-order valence-corrected chi connectivity index (χ0v) is 13.8. The third-order valence-corrected chi connectivity index (χ3v) is 4.27. The molecule has 0 aliphatic heterocycles. The minimum absolute atomic E-state index is 0.00927. The van der Waals surface area contributed by atoms with Crippen LogP contribution in [0.5, 0.6) is 0 Å². The van der Waals surface area contributed by atoms with E-state index in [2.05, 4.69) is 23.9 Å². The summed E-state index contributed by atoms with van der Waals surface area (Å²) < 4.78 is 28.3. The SMILES string of the molecule is CC(C)CC(NC(=O)c1ccc(NS(=O)[O-])o1)c1cccs1. The quantitative estimate of drug-likeness (QED) is 0.757. The minimum atomic E-state index is -2.48. The van der Waals surface area contributed by atoms with Crippen molar-refractivity contribution >= 4 is 34.4 Å². The van der Waals surface area contributed by atoms with Gasteiger partial charge in [0.1, 0.15) is 0 Å². The fourth-order valence-corrected chi connectivity index (χ4v) is 3.10. The molecule has 0 aliphatic rings. The summed E-state index contributed by atoms with van der Waals surface area (Å²) in [6.45, 7) is 4.18. The van der Waals surface area contributed by atoms with E-state index in [1.54, 1.807) is 11.3 Å². The fourth-order valence-electron chi connectivity index (χ4n) is 2.03. The summed E-state index contributed by atoms with van der Waals surface area (Å²) in [5.41, 5.74) is 0. The Morgan fingerprint density at radius 3 is 2.77 bits per heavy atom. The van der Waals surface area contributed by atoms with Gasteiger partial charge in [-0.3, -0.25) is 13.7 Å². The summed E-state index contributed by atoms with van der Waals surface area (Å²) in [6.07, 6.45) is 0.808. The van der Waals surface area contributed by atoms with Gasteiger partial charge in [0.15, 0.2) is 5.76 Å². The summed E-state index contributed by atoms with van der Waals surface area (Å²) in [4.78, 5) is 13.3. The Balaban J connectivity index is 2.07. The van der Waals surface area contributed by atoms with Crippen LogP contribution >= 0.6 is 11.3 Å². The number of rotatable bonds is 7. The van der Waals surface area contributed by atoms with Crippen molar-refractivity contribution < 1.29 is 18.0 Å². The Morgan fingerprint density at radius 2 is 2.18 bits per heavy atom. The second-order valence-electron chi connectivity index (χ2n) is 5.17. The number of amides is 1. The Labute approximate surface area is 135 Å². The van der Waals surface area contributed by atoms with Crippen LogP contribution in [0.15, 0.2) is 34.1 Å². The van der Waals surface area contributed by atoms with E-state index in [4.69, 9.17) is 4.42 Å². The van der Waals surface area contributed by atoms with E-state index in [0.29, 0.717) is 5.92 Å². The number of carbonyl (C=O) groups is 1. The lowest BCUT2D eigenvalue weighted by atomic mass is 10.0. The predicted octanol–water partition coefficient (Wildman–Crippen LogP) is 3.06. The van der Waals surface area contributed by atoms with Crippen molar-refractivity contribution in [3.05, 3.63) is 40.3 Å². The van der Waals surface area contributed by atoms with Gasteiger partial charge in [-0.05, 0) is 29.9 Å². The number of thiophene rings is 1. The maximum Gasteiger partial charge on any atom is 0.287 e. The molecule has 2 atom stereocenters. The molecule has 0 fully saturated rings. The topological polar surface area (TPSA) is 94.4 Å². The standard InChI is InChI=1S/C14H18N2O4S2/c1-9(2)8-10(12-4-3-7-21-12)15-14(17)11-5-6-13(20-11)16-22(18)19/h3-7,9-10,16H,8H2,1-2H3,(H,15,17)(H,18,19)/p-1. The van der Waals surface area contributed by atoms with Crippen molar-refractivity contribution in [2.45, 2.75) is 26.3 Å². The molecule has 2 aromatic heterocycles. The van der Waals surface area contributed by atoms with Crippen molar-refractivity contribution in [2.24, 2.45) is 5.92 Å². The van der Waals surface area contributed by atoms with E-state index in [1.165, 1.54) is 12.1 Å². The second kappa shape index (κ2) is 7.57. The lowest BCUT2D eigenvalue weighted by Gasteiger charge is -2.18. The first-order valence-electron chi connectivity index (χ1n) is 6.75. The van der Waals surface area contributed by atoms with Gasteiger partial charge in [-0.2, -0.15) is 0 Å². The zero-order valence-electron chi connectivity index (χ0n) is 12.2. The smallest absolute Gasteiger partial charge is 0.287 e. The molecular formula is C14H17N2O4S2-. The summed E-state index contributed by atoms with van der Waals surface area (Å²) in [7, 11) is 0. The first-order valence-corrected chi connectivity index (χ1v) is 8.71. The van der Waals surface area contributed by atoms with Crippen LogP contribution in [-0.2, 0) is 11.3 Å². The third kappa shape index (κ3) is 4.69. The number of nitrogens with one attached hydrogen (secondary N) is 2. The van der Waals surface area contributed by atoms with Crippen LogP contribution in [-0.4, -0.2) is 14.7 Å². The Hall–Kier alpha value is -1.64. The van der Waals surface area contributed by atoms with E-state index >= 15 is 0 Å². The Kier molecular flexibility index (Phi) is 5.76. The first-order chi connectivity index (χ1) is 10.5. The molecule has 120 valence electrons. The van der Waals surface area contributed by atoms with E-state index in [9.17, 15) is 13.6 Å². The highest BCUT2D eigenvalue weighted by molar-refractivity contribution is 7.80. The van der Waals surface area contributed by atoms with Gasteiger partial charge >= 0.3 is 0 Å². The Morgan fingerprint density at radius 1 is 1.41 bits per heavy atom. The average molecular weight is 341 g/mol. The molecular weight excluding hydrogens is 324 g/mol. The van der Waals surface area contributed by atoms with Gasteiger partial charge in [0.25, 0.3) is 5.91 Å². The van der Waals surface area contributed by atoms with E-state index in [0.717, 1.165) is 11.3 Å². The summed E-state index contributed by atoms with van der Waals surface area (Å²) >= 11 is -0.898. The molecule has 0 saturated carbocycles. The first kappa shape index (κ1) is 16.7. The second-order valence-corrected chi connectivity index (χ2v) is 6.82. The van der Waals surface area contributed by atoms with Crippen molar-refractivity contribution in [3.8, 4) is 0 Å². The number of hydrogen-bond acceptors (Lipinski definition) is 5. The fraction of sp³-hybridized carbons (Fsp3) is 0.357. The molecule has 2 rings (SSSR count). The average Bonchev–Trinajstić information content (AvgIpc) is 3.07. The van der Waals surface area contributed by atoms with Gasteiger partial charge in [0.05, 0.1) is 6.04 Å². The number of furan rings is 1. The van der Waals surface area contributed by atoms with E-state index in [1.807, 2.05) is 17.5 Å². The molecule has 0 bridgehead atoms.